The Kier molecular flexibility index (Phi) is 26.1. The topological polar surface area (TPSA) is 285 Å². The molecule has 0 amide bonds. The van der Waals surface area contributed by atoms with Gasteiger partial charge in [-0.1, -0.05) is 115 Å². The Labute approximate surface area is 671 Å². The summed E-state index contributed by atoms with van der Waals surface area (Å²) in [6.45, 7) is 1.36. The van der Waals surface area contributed by atoms with Gasteiger partial charge in [0.15, 0.2) is 0 Å². The van der Waals surface area contributed by atoms with Gasteiger partial charge in [0.05, 0.1) is 91.7 Å². The molecule has 0 atom stereocenters. The smallest absolute Gasteiger partial charge is 0.416 e. The highest BCUT2D eigenvalue weighted by Crippen LogP contribution is 2.38. The summed E-state index contributed by atoms with van der Waals surface area (Å²) >= 11 is 7.63. The normalized spacial score (nSPS) is 11.1. The third-order valence-electron chi connectivity index (χ3n) is 17.3. The quantitative estimate of drug-likeness (QED) is 0.0371. The molecule has 117 heavy (non-hydrogen) atoms. The van der Waals surface area contributed by atoms with Crippen LogP contribution >= 0.6 is 23.4 Å². The van der Waals surface area contributed by atoms with Gasteiger partial charge in [-0.3, -0.25) is 0 Å². The molecule has 0 bridgehead atoms. The first-order valence-corrected chi connectivity index (χ1v) is 36.5. The first kappa shape index (κ1) is 83.5. The van der Waals surface area contributed by atoms with Crippen molar-refractivity contribution in [2.45, 2.75) is 36.8 Å². The van der Waals surface area contributed by atoms with Crippen LogP contribution < -0.4 is 4.74 Å². The second-order valence-electron chi connectivity index (χ2n) is 25.6. The summed E-state index contributed by atoms with van der Waals surface area (Å²) in [7, 11) is 1.61. The van der Waals surface area contributed by atoms with E-state index in [1.165, 1.54) is 59.4 Å². The molecule has 0 aliphatic heterocycles. The monoisotopic (exact) mass is 1630 g/mol. The molecular weight excluding hydrogens is 1560 g/mol. The van der Waals surface area contributed by atoms with Crippen LogP contribution in [0.15, 0.2) is 303 Å². The molecule has 0 spiro atoms. The lowest BCUT2D eigenvalue weighted by Crippen LogP contribution is -2.13. The summed E-state index contributed by atoms with van der Waals surface area (Å²) in [5.41, 5.74) is 8.20. The van der Waals surface area contributed by atoms with Gasteiger partial charge in [0.2, 0.25) is 0 Å². The SMILES string of the molecule is CC(F)(F)c1cc(-n2ccc(-c3cccc(C(=O)O)c3)n2)cc(C(F)(F)F)c1.CC(F)(F)c1cccc(-n2ccc(-c3cccc(C(=O)O)c3)n2)c1.COc1ccccc1-n1ccc(-c2cccc(C(=O)O)c2)n1.CSc1ccccc1-n1ccc(-c2cccc(C(=O)O)c2)n1.O=C(O)c1cccc(-c2ccn(-c3cccc(Cl)c3)n2)c1. The Morgan fingerprint density at radius 3 is 1.03 bits per heavy atom. The summed E-state index contributed by atoms with van der Waals surface area (Å²) in [5.74, 6) is -10.7. The number of carboxylic acid groups (broad SMARTS) is 5. The molecule has 0 saturated heterocycles. The van der Waals surface area contributed by atoms with Crippen LogP contribution in [-0.4, -0.2) is 118 Å². The number of para-hydroxylation sites is 3. The van der Waals surface area contributed by atoms with E-state index in [-0.39, 0.29) is 44.8 Å². The molecule has 0 saturated carbocycles. The molecule has 15 aromatic rings. The van der Waals surface area contributed by atoms with Gasteiger partial charge in [0.1, 0.15) is 11.4 Å². The van der Waals surface area contributed by atoms with Gasteiger partial charge in [-0.25, -0.2) is 64.9 Å². The van der Waals surface area contributed by atoms with Gasteiger partial charge >= 0.3 is 36.0 Å². The number of methoxy groups -OCH3 is 1. The number of benzene rings is 10. The molecule has 5 N–H and O–H groups in total. The summed E-state index contributed by atoms with van der Waals surface area (Å²) in [6, 6.07) is 72.1. The number of alkyl halides is 7. The maximum absolute atomic E-state index is 13.7. The first-order chi connectivity index (χ1) is 55.8. The Morgan fingerprint density at radius 1 is 0.342 bits per heavy atom. The van der Waals surface area contributed by atoms with Crippen molar-refractivity contribution >= 4 is 53.2 Å². The minimum Gasteiger partial charge on any atom is -0.494 e. The highest BCUT2D eigenvalue weighted by atomic mass is 35.5. The fourth-order valence-electron chi connectivity index (χ4n) is 11.5. The second-order valence-corrected chi connectivity index (χ2v) is 26.9. The highest BCUT2D eigenvalue weighted by molar-refractivity contribution is 7.98. The summed E-state index contributed by atoms with van der Waals surface area (Å²) in [6.07, 6.45) is 5.71. The van der Waals surface area contributed by atoms with Crippen molar-refractivity contribution in [2.75, 3.05) is 13.4 Å². The van der Waals surface area contributed by atoms with Crippen LogP contribution in [-0.2, 0) is 18.0 Å². The van der Waals surface area contributed by atoms with Crippen molar-refractivity contribution in [3.8, 4) is 90.5 Å². The van der Waals surface area contributed by atoms with Crippen LogP contribution in [0.3, 0.4) is 0 Å². The number of halogens is 8. The van der Waals surface area contributed by atoms with E-state index in [0.717, 1.165) is 73.8 Å². The third-order valence-corrected chi connectivity index (χ3v) is 18.4. The Balaban J connectivity index is 0.000000144. The van der Waals surface area contributed by atoms with Crippen molar-refractivity contribution < 1.29 is 85.0 Å². The molecule has 30 heteroatoms. The average molecular weight is 1630 g/mol. The molecule has 0 aliphatic carbocycles. The molecule has 5 heterocycles. The minimum atomic E-state index is -4.80. The lowest BCUT2D eigenvalue weighted by Gasteiger charge is -2.16. The number of carbonyl (C=O) groups is 5. The number of nitrogens with zero attached hydrogens (tertiary/aromatic N) is 10. The first-order valence-electron chi connectivity index (χ1n) is 34.9. The molecule has 0 unspecified atom stereocenters. The zero-order chi connectivity index (χ0) is 83.9. The Hall–Kier alpha value is -14.5. The van der Waals surface area contributed by atoms with E-state index in [9.17, 15) is 54.7 Å². The van der Waals surface area contributed by atoms with E-state index in [0.29, 0.717) is 51.9 Å². The fourth-order valence-corrected chi connectivity index (χ4v) is 12.3. The summed E-state index contributed by atoms with van der Waals surface area (Å²) in [5, 5.41) is 67.9. The standard InChI is InChI=1S/C19H13F5N2O2.C18H14F2N2O2.C17H14N2O3.C17H14N2O2S.C16H11ClN2O2/c1-18(20,21)13-8-14(19(22,23)24)10-15(9-13)26-6-5-16(25-26)11-3-2-4-12(7-11)17(27)28;1-18(19,20)14-6-3-7-15(11-14)22-9-8-16(21-22)12-4-2-5-13(10-12)17(23)24;2*1-22-16-8-3-2-7-15(16)19-10-9-14(18-19)12-5-4-6-13(11-12)17(20)21;17-13-5-2-6-14(10-13)19-8-7-15(18-19)11-3-1-4-12(9-11)16(20)21/h2-10H,1H3,(H,27,28);2-11H,1H3,(H,23,24);2*2-11H,1H3,(H,20,21);1-10H,(H,20,21). The lowest BCUT2D eigenvalue weighted by atomic mass is 10.0. The Bertz CT molecular complexity index is 5940. The van der Waals surface area contributed by atoms with Crippen LogP contribution in [0.25, 0.3) is 84.7 Å². The van der Waals surface area contributed by atoms with Crippen LogP contribution in [0.1, 0.15) is 82.3 Å². The van der Waals surface area contributed by atoms with Crippen molar-refractivity contribution in [3.05, 3.63) is 347 Å². The zero-order valence-corrected chi connectivity index (χ0v) is 63.5. The van der Waals surface area contributed by atoms with Crippen LogP contribution in [0, 0.1) is 0 Å². The Morgan fingerprint density at radius 2 is 0.658 bits per heavy atom. The molecule has 5 aromatic heterocycles. The fraction of sp³-hybridized carbons (Fsp3) is 0.0805. The average Bonchev–Trinajstić information content (AvgIpc) is 1.79. The minimum absolute atomic E-state index is 0.0130. The van der Waals surface area contributed by atoms with Crippen LogP contribution in [0.2, 0.25) is 5.02 Å². The highest BCUT2D eigenvalue weighted by Gasteiger charge is 2.35. The van der Waals surface area contributed by atoms with E-state index in [1.807, 2.05) is 133 Å². The number of aromatic nitrogens is 10. The molecular formula is C87H66ClF7N10O11S. The number of ether oxygens (including phenoxy) is 1. The van der Waals surface area contributed by atoms with Crippen molar-refractivity contribution in [2.24, 2.45) is 0 Å². The van der Waals surface area contributed by atoms with E-state index in [2.05, 4.69) is 25.5 Å². The number of aromatic carboxylic acids is 5. The summed E-state index contributed by atoms with van der Waals surface area (Å²) in [4.78, 5) is 56.4. The third kappa shape index (κ3) is 21.5. The lowest BCUT2D eigenvalue weighted by molar-refractivity contribution is -0.137. The number of hydrogen-bond acceptors (Lipinski definition) is 12. The number of thioether (sulfide) groups is 1. The molecule has 0 radical (unpaired) electrons. The molecule has 0 fully saturated rings. The molecule has 15 rings (SSSR count). The van der Waals surface area contributed by atoms with E-state index in [1.54, 1.807) is 131 Å². The van der Waals surface area contributed by atoms with Crippen molar-refractivity contribution in [1.29, 1.82) is 0 Å². The van der Waals surface area contributed by atoms with E-state index in [4.69, 9.17) is 41.9 Å². The predicted molar refractivity (Wildman–Crippen MR) is 427 cm³/mol. The molecule has 0 aliphatic rings. The zero-order valence-electron chi connectivity index (χ0n) is 61.9. The number of rotatable bonds is 19. The molecule has 21 nitrogen and oxygen atoms in total. The molecule has 10 aromatic carbocycles. The van der Waals surface area contributed by atoms with Gasteiger partial charge in [-0.2, -0.15) is 38.7 Å². The number of carboxylic acids is 5. The van der Waals surface area contributed by atoms with Gasteiger partial charge < -0.3 is 30.3 Å². The summed E-state index contributed by atoms with van der Waals surface area (Å²) < 4.78 is 107. The van der Waals surface area contributed by atoms with Gasteiger partial charge in [-0.05, 0) is 170 Å². The van der Waals surface area contributed by atoms with E-state index < -0.39 is 59.0 Å². The number of hydrogen-bond donors (Lipinski definition) is 5. The van der Waals surface area contributed by atoms with Gasteiger partial charge in [0, 0.05) is 93.7 Å². The maximum Gasteiger partial charge on any atom is 0.416 e. The molecule has 592 valence electrons. The van der Waals surface area contributed by atoms with Gasteiger partial charge in [-0.15, -0.1) is 11.8 Å². The van der Waals surface area contributed by atoms with Crippen LogP contribution in [0.4, 0.5) is 30.7 Å². The van der Waals surface area contributed by atoms with E-state index >= 15 is 0 Å². The predicted octanol–water partition coefficient (Wildman–Crippen LogP) is 20.8. The van der Waals surface area contributed by atoms with Crippen molar-refractivity contribution in [3.63, 3.8) is 0 Å². The van der Waals surface area contributed by atoms with Crippen LogP contribution in [0.5, 0.6) is 5.75 Å². The van der Waals surface area contributed by atoms with Crippen molar-refractivity contribution in [1.82, 2.24) is 48.9 Å². The largest absolute Gasteiger partial charge is 0.494 e. The maximum atomic E-state index is 13.7. The van der Waals surface area contributed by atoms with Gasteiger partial charge in [0.25, 0.3) is 11.8 Å². The second kappa shape index (κ2) is 36.6.